The number of nitrogens with zero attached hydrogens (tertiary/aromatic N) is 3. The highest BCUT2D eigenvalue weighted by atomic mass is 32.2. The van der Waals surface area contributed by atoms with Gasteiger partial charge in [0.15, 0.2) is 5.04 Å². The Morgan fingerprint density at radius 1 is 1.67 bits per heavy atom. The van der Waals surface area contributed by atoms with Gasteiger partial charge in [-0.2, -0.15) is 0 Å². The third kappa shape index (κ3) is 2.83. The van der Waals surface area contributed by atoms with Crippen molar-refractivity contribution >= 4 is 35.3 Å². The van der Waals surface area contributed by atoms with Crippen molar-refractivity contribution in [3.8, 4) is 0 Å². The summed E-state index contributed by atoms with van der Waals surface area (Å²) >= 11 is 1.09. The lowest BCUT2D eigenvalue weighted by molar-refractivity contribution is -0.129. The molecule has 12 heavy (non-hydrogen) atoms. The SMILES string of the molecule is O=C(O)/C1=N/C/C=N\C=N/CS1. The molecule has 1 heterocycles. The van der Waals surface area contributed by atoms with Crippen molar-refractivity contribution in [1.82, 2.24) is 0 Å². The van der Waals surface area contributed by atoms with Gasteiger partial charge in [-0.25, -0.2) is 9.79 Å². The van der Waals surface area contributed by atoms with Gasteiger partial charge in [0.1, 0.15) is 6.34 Å². The van der Waals surface area contributed by atoms with E-state index in [0.717, 1.165) is 11.8 Å². The summed E-state index contributed by atoms with van der Waals surface area (Å²) < 4.78 is 0. The average Bonchev–Trinajstić information content (AvgIpc) is 2.15. The summed E-state index contributed by atoms with van der Waals surface area (Å²) in [5.41, 5.74) is 0. The molecule has 1 aliphatic rings. The molecule has 0 aromatic heterocycles. The maximum Gasteiger partial charge on any atom is 0.360 e. The van der Waals surface area contributed by atoms with E-state index >= 15 is 0 Å². The maximum atomic E-state index is 10.5. The zero-order valence-electron chi connectivity index (χ0n) is 6.17. The van der Waals surface area contributed by atoms with Crippen LogP contribution in [0.15, 0.2) is 15.0 Å². The summed E-state index contributed by atoms with van der Waals surface area (Å²) in [5.74, 6) is -0.659. The molecule has 0 saturated carbocycles. The molecule has 0 spiro atoms. The van der Waals surface area contributed by atoms with Crippen molar-refractivity contribution < 1.29 is 9.90 Å². The van der Waals surface area contributed by atoms with Crippen LogP contribution in [0.5, 0.6) is 0 Å². The van der Waals surface area contributed by atoms with E-state index in [2.05, 4.69) is 15.0 Å². The topological polar surface area (TPSA) is 74.4 Å². The van der Waals surface area contributed by atoms with Crippen LogP contribution < -0.4 is 0 Å². The zero-order valence-corrected chi connectivity index (χ0v) is 6.99. The second-order valence-corrected chi connectivity index (χ2v) is 2.79. The average molecular weight is 185 g/mol. The molecule has 0 unspecified atom stereocenters. The monoisotopic (exact) mass is 185 g/mol. The van der Waals surface area contributed by atoms with E-state index in [9.17, 15) is 4.79 Å². The molecule has 5 nitrogen and oxygen atoms in total. The van der Waals surface area contributed by atoms with E-state index in [1.54, 1.807) is 0 Å². The van der Waals surface area contributed by atoms with Crippen molar-refractivity contribution in [3.05, 3.63) is 0 Å². The summed E-state index contributed by atoms with van der Waals surface area (Å²) in [4.78, 5) is 21.9. The van der Waals surface area contributed by atoms with Gasteiger partial charge in [0.2, 0.25) is 0 Å². The fourth-order valence-electron chi connectivity index (χ4n) is 0.572. The molecule has 0 aromatic carbocycles. The number of hydrogen-bond donors (Lipinski definition) is 1. The Kier molecular flexibility index (Phi) is 3.46. The molecule has 0 aliphatic carbocycles. The molecule has 0 amide bonds. The third-order valence-electron chi connectivity index (χ3n) is 1.03. The standard InChI is InChI=1S/C6H7N3O2S/c10-6(11)5-9-2-1-7-3-8-4-12-5/h1,3H,2,4H2,(H,10,11)/b7-1-,8-3-,9-5-. The van der Waals surface area contributed by atoms with E-state index in [0.29, 0.717) is 12.4 Å². The molecule has 6 heteroatoms. The number of aliphatic imine (C=N–C) groups is 3. The summed E-state index contributed by atoms with van der Waals surface area (Å²) in [7, 11) is 0. The van der Waals surface area contributed by atoms with Gasteiger partial charge in [0.25, 0.3) is 0 Å². The molecular weight excluding hydrogens is 178 g/mol. The number of carboxylic acids is 1. The van der Waals surface area contributed by atoms with Crippen molar-refractivity contribution in [3.63, 3.8) is 0 Å². The van der Waals surface area contributed by atoms with Crippen LogP contribution in [0.25, 0.3) is 0 Å². The quantitative estimate of drug-likeness (QED) is 0.637. The van der Waals surface area contributed by atoms with Crippen LogP contribution in [-0.2, 0) is 4.79 Å². The highest BCUT2D eigenvalue weighted by Crippen LogP contribution is 2.05. The molecule has 0 fully saturated rings. The minimum Gasteiger partial charge on any atom is -0.476 e. The molecule has 64 valence electrons. The van der Waals surface area contributed by atoms with Gasteiger partial charge in [-0.1, -0.05) is 11.8 Å². The van der Waals surface area contributed by atoms with Gasteiger partial charge in [-0.3, -0.25) is 9.98 Å². The van der Waals surface area contributed by atoms with Gasteiger partial charge in [-0.05, 0) is 0 Å². The molecular formula is C6H7N3O2S. The largest absolute Gasteiger partial charge is 0.476 e. The minimum atomic E-state index is -1.01. The highest BCUT2D eigenvalue weighted by molar-refractivity contribution is 8.15. The lowest BCUT2D eigenvalue weighted by Crippen LogP contribution is -2.09. The Labute approximate surface area is 73.3 Å². The van der Waals surface area contributed by atoms with Crippen molar-refractivity contribution in [2.75, 3.05) is 12.4 Å². The summed E-state index contributed by atoms with van der Waals surface area (Å²) in [6, 6.07) is 0. The van der Waals surface area contributed by atoms with Gasteiger partial charge >= 0.3 is 5.97 Å². The van der Waals surface area contributed by atoms with Gasteiger partial charge in [-0.15, -0.1) is 0 Å². The van der Waals surface area contributed by atoms with E-state index in [4.69, 9.17) is 5.11 Å². The van der Waals surface area contributed by atoms with Gasteiger partial charge < -0.3 is 5.11 Å². The second-order valence-electron chi connectivity index (χ2n) is 1.85. The molecule has 1 N–H and O–H groups in total. The smallest absolute Gasteiger partial charge is 0.360 e. The Bertz CT molecular complexity index is 260. The van der Waals surface area contributed by atoms with Crippen LogP contribution in [0.2, 0.25) is 0 Å². The van der Waals surface area contributed by atoms with Gasteiger partial charge in [0, 0.05) is 6.21 Å². The molecule has 0 atom stereocenters. The lowest BCUT2D eigenvalue weighted by atomic mass is 10.7. The van der Waals surface area contributed by atoms with Crippen molar-refractivity contribution in [2.45, 2.75) is 0 Å². The summed E-state index contributed by atoms with van der Waals surface area (Å²) in [5, 5.41) is 8.68. The number of carbonyl (C=O) groups is 1. The Hall–Kier alpha value is -1.17. The lowest BCUT2D eigenvalue weighted by Gasteiger charge is -1.95. The first-order valence-corrected chi connectivity index (χ1v) is 4.20. The molecule has 0 radical (unpaired) electrons. The Morgan fingerprint density at radius 3 is 3.25 bits per heavy atom. The Balaban J connectivity index is 2.67. The van der Waals surface area contributed by atoms with Crippen LogP contribution in [0.3, 0.4) is 0 Å². The van der Waals surface area contributed by atoms with Crippen molar-refractivity contribution in [2.24, 2.45) is 15.0 Å². The number of rotatable bonds is 1. The third-order valence-corrected chi connectivity index (χ3v) is 1.88. The maximum absolute atomic E-state index is 10.5. The summed E-state index contributed by atoms with van der Waals surface area (Å²) in [6.45, 7) is 0.292. The normalized spacial score (nSPS) is 27.2. The minimum absolute atomic E-state index is 0.0838. The van der Waals surface area contributed by atoms with E-state index in [-0.39, 0.29) is 5.04 Å². The molecule has 0 aromatic rings. The van der Waals surface area contributed by atoms with Gasteiger partial charge in [0.05, 0.1) is 12.4 Å². The summed E-state index contributed by atoms with van der Waals surface area (Å²) in [6.07, 6.45) is 2.91. The zero-order chi connectivity index (χ0) is 8.81. The first kappa shape index (κ1) is 8.92. The van der Waals surface area contributed by atoms with Crippen LogP contribution >= 0.6 is 11.8 Å². The molecule has 1 aliphatic heterocycles. The van der Waals surface area contributed by atoms with E-state index < -0.39 is 5.97 Å². The number of thioether (sulfide) groups is 1. The highest BCUT2D eigenvalue weighted by Gasteiger charge is 2.08. The molecule has 1 rings (SSSR count). The molecule has 0 saturated heterocycles. The Morgan fingerprint density at radius 2 is 2.50 bits per heavy atom. The molecule has 0 bridgehead atoms. The first-order valence-electron chi connectivity index (χ1n) is 3.21. The fraction of sp³-hybridized carbons (Fsp3) is 0.333. The first-order chi connectivity index (χ1) is 5.80. The van der Waals surface area contributed by atoms with Crippen LogP contribution in [0.4, 0.5) is 0 Å². The number of carboxylic acid groups (broad SMARTS) is 1. The fourth-order valence-corrected chi connectivity index (χ4v) is 1.12. The second kappa shape index (κ2) is 4.66. The van der Waals surface area contributed by atoms with Crippen LogP contribution in [0, 0.1) is 0 Å². The van der Waals surface area contributed by atoms with Crippen molar-refractivity contribution in [1.29, 1.82) is 0 Å². The predicted molar refractivity (Wildman–Crippen MR) is 49.4 cm³/mol. The predicted octanol–water partition coefficient (Wildman–Crippen LogP) is 0.273. The number of hydrogen-bond acceptors (Lipinski definition) is 5. The van der Waals surface area contributed by atoms with E-state index in [1.165, 1.54) is 12.6 Å². The van der Waals surface area contributed by atoms with Crippen LogP contribution in [-0.4, -0.2) is 41.1 Å². The van der Waals surface area contributed by atoms with Crippen LogP contribution in [0.1, 0.15) is 0 Å². The number of aliphatic carboxylic acids is 1. The van der Waals surface area contributed by atoms with E-state index in [1.807, 2.05) is 0 Å².